The molecule has 14 heavy (non-hydrogen) atoms. The van der Waals surface area contributed by atoms with Crippen LogP contribution in [-0.4, -0.2) is 18.5 Å². The van der Waals surface area contributed by atoms with Gasteiger partial charge in [0, 0.05) is 6.61 Å². The Hall–Kier alpha value is -0.190. The highest BCUT2D eigenvalue weighted by atomic mass is 79.9. The van der Waals surface area contributed by atoms with Gasteiger partial charge in [0.1, 0.15) is 6.10 Å². The van der Waals surface area contributed by atoms with Crippen LogP contribution in [0.5, 0.6) is 0 Å². The molecule has 2 heterocycles. The largest absolute Gasteiger partial charge is 0.370 e. The van der Waals surface area contributed by atoms with Crippen LogP contribution < -0.4 is 0 Å². The first-order valence-corrected chi connectivity index (χ1v) is 6.29. The first-order chi connectivity index (χ1) is 6.77. The SMILES string of the molecule is O=C(c1ccc(Br)s1)C1CCCCO1. The summed E-state index contributed by atoms with van der Waals surface area (Å²) in [5, 5.41) is 0. The highest BCUT2D eigenvalue weighted by Crippen LogP contribution is 2.25. The van der Waals surface area contributed by atoms with Crippen molar-refractivity contribution < 1.29 is 9.53 Å². The molecule has 1 fully saturated rings. The fourth-order valence-corrected chi connectivity index (χ4v) is 2.92. The molecule has 1 aliphatic rings. The number of carbonyl (C=O) groups is 1. The second kappa shape index (κ2) is 4.55. The lowest BCUT2D eigenvalue weighted by Gasteiger charge is -2.20. The van der Waals surface area contributed by atoms with Crippen LogP contribution in [0.1, 0.15) is 28.9 Å². The van der Waals surface area contributed by atoms with Crippen molar-refractivity contribution in [2.45, 2.75) is 25.4 Å². The van der Waals surface area contributed by atoms with Crippen molar-refractivity contribution in [2.75, 3.05) is 6.61 Å². The van der Waals surface area contributed by atoms with Gasteiger partial charge in [-0.15, -0.1) is 11.3 Å². The standard InChI is InChI=1S/C10H11BrO2S/c11-9-5-4-8(14-9)10(12)7-3-1-2-6-13-7/h4-5,7H,1-3,6H2. The summed E-state index contributed by atoms with van der Waals surface area (Å²) in [6.45, 7) is 0.725. The average molecular weight is 275 g/mol. The van der Waals surface area contributed by atoms with Crippen LogP contribution in [0, 0.1) is 0 Å². The van der Waals surface area contributed by atoms with Gasteiger partial charge in [-0.2, -0.15) is 0 Å². The van der Waals surface area contributed by atoms with Crippen molar-refractivity contribution in [3.8, 4) is 0 Å². The average Bonchev–Trinajstić information content (AvgIpc) is 2.65. The van der Waals surface area contributed by atoms with Gasteiger partial charge in [-0.25, -0.2) is 0 Å². The summed E-state index contributed by atoms with van der Waals surface area (Å²) in [5.74, 6) is 0.139. The Morgan fingerprint density at radius 3 is 2.93 bits per heavy atom. The minimum Gasteiger partial charge on any atom is -0.370 e. The van der Waals surface area contributed by atoms with Gasteiger partial charge in [0.15, 0.2) is 0 Å². The highest BCUT2D eigenvalue weighted by molar-refractivity contribution is 9.11. The Morgan fingerprint density at radius 1 is 1.50 bits per heavy atom. The number of ether oxygens (including phenoxy) is 1. The van der Waals surface area contributed by atoms with Crippen molar-refractivity contribution >= 4 is 33.0 Å². The zero-order valence-corrected chi connectivity index (χ0v) is 10.1. The molecule has 0 bridgehead atoms. The molecule has 0 radical (unpaired) electrons. The second-order valence-electron chi connectivity index (χ2n) is 3.32. The summed E-state index contributed by atoms with van der Waals surface area (Å²) in [5.41, 5.74) is 0. The molecule has 0 aliphatic carbocycles. The molecule has 2 nitrogen and oxygen atoms in total. The maximum absolute atomic E-state index is 11.9. The van der Waals surface area contributed by atoms with Crippen molar-refractivity contribution in [3.63, 3.8) is 0 Å². The van der Waals surface area contributed by atoms with Gasteiger partial charge in [-0.1, -0.05) is 0 Å². The van der Waals surface area contributed by atoms with Crippen molar-refractivity contribution in [1.82, 2.24) is 0 Å². The van der Waals surface area contributed by atoms with Crippen molar-refractivity contribution in [2.24, 2.45) is 0 Å². The minimum atomic E-state index is -0.200. The van der Waals surface area contributed by atoms with Gasteiger partial charge < -0.3 is 4.74 Å². The molecule has 2 rings (SSSR count). The molecular weight excluding hydrogens is 264 g/mol. The minimum absolute atomic E-state index is 0.139. The number of carbonyl (C=O) groups excluding carboxylic acids is 1. The molecule has 0 saturated carbocycles. The summed E-state index contributed by atoms with van der Waals surface area (Å²) in [6.07, 6.45) is 2.85. The number of ketones is 1. The van der Waals surface area contributed by atoms with Crippen LogP contribution in [0.2, 0.25) is 0 Å². The van der Waals surface area contributed by atoms with Crippen LogP contribution in [0.15, 0.2) is 15.9 Å². The fourth-order valence-electron chi connectivity index (χ4n) is 1.55. The van der Waals surface area contributed by atoms with E-state index in [0.717, 1.165) is 34.5 Å². The molecule has 1 atom stereocenters. The fraction of sp³-hybridized carbons (Fsp3) is 0.500. The molecule has 4 heteroatoms. The first-order valence-electron chi connectivity index (χ1n) is 4.68. The maximum atomic E-state index is 11.9. The Morgan fingerprint density at radius 2 is 2.36 bits per heavy atom. The van der Waals surface area contributed by atoms with E-state index < -0.39 is 0 Å². The molecule has 0 N–H and O–H groups in total. The van der Waals surface area contributed by atoms with E-state index in [0.29, 0.717) is 0 Å². The topological polar surface area (TPSA) is 26.3 Å². The molecule has 0 spiro atoms. The van der Waals surface area contributed by atoms with Gasteiger partial charge in [0.2, 0.25) is 5.78 Å². The van der Waals surface area contributed by atoms with E-state index in [1.807, 2.05) is 12.1 Å². The van der Waals surface area contributed by atoms with Crippen LogP contribution in [0.3, 0.4) is 0 Å². The normalized spacial score (nSPS) is 22.2. The van der Waals surface area contributed by atoms with E-state index in [-0.39, 0.29) is 11.9 Å². The predicted octanol–water partition coefficient (Wildman–Crippen LogP) is 3.26. The van der Waals surface area contributed by atoms with E-state index in [2.05, 4.69) is 15.9 Å². The molecule has 1 aromatic rings. The van der Waals surface area contributed by atoms with Crippen LogP contribution >= 0.6 is 27.3 Å². The number of Topliss-reactive ketones (excluding diaryl/α,β-unsaturated/α-hetero) is 1. The van der Waals surface area contributed by atoms with Gasteiger partial charge in [0.05, 0.1) is 8.66 Å². The molecule has 1 aliphatic heterocycles. The quantitative estimate of drug-likeness (QED) is 0.774. The first kappa shape index (κ1) is 10.3. The van der Waals surface area contributed by atoms with Gasteiger partial charge >= 0.3 is 0 Å². The summed E-state index contributed by atoms with van der Waals surface area (Å²) in [4.78, 5) is 12.7. The maximum Gasteiger partial charge on any atom is 0.201 e. The Kier molecular flexibility index (Phi) is 3.36. The Balaban J connectivity index is 2.07. The van der Waals surface area contributed by atoms with E-state index >= 15 is 0 Å². The third-order valence-electron chi connectivity index (χ3n) is 2.29. The lowest BCUT2D eigenvalue weighted by molar-refractivity contribution is 0.0189. The third kappa shape index (κ3) is 2.24. The van der Waals surface area contributed by atoms with Gasteiger partial charge in [-0.3, -0.25) is 4.79 Å². The van der Waals surface area contributed by atoms with E-state index in [9.17, 15) is 4.79 Å². The monoisotopic (exact) mass is 274 g/mol. The lowest BCUT2D eigenvalue weighted by atomic mass is 10.0. The van der Waals surface area contributed by atoms with E-state index in [1.54, 1.807) is 0 Å². The predicted molar refractivity (Wildman–Crippen MR) is 59.9 cm³/mol. The summed E-state index contributed by atoms with van der Waals surface area (Å²) in [6, 6.07) is 3.76. The zero-order valence-electron chi connectivity index (χ0n) is 7.66. The van der Waals surface area contributed by atoms with Gasteiger partial charge in [-0.05, 0) is 47.3 Å². The van der Waals surface area contributed by atoms with Crippen molar-refractivity contribution in [3.05, 3.63) is 20.8 Å². The molecule has 1 saturated heterocycles. The summed E-state index contributed by atoms with van der Waals surface area (Å²) < 4.78 is 6.44. The molecule has 76 valence electrons. The molecule has 0 aromatic carbocycles. The smallest absolute Gasteiger partial charge is 0.201 e. The number of rotatable bonds is 2. The molecule has 0 amide bonds. The molecule has 1 unspecified atom stereocenters. The summed E-state index contributed by atoms with van der Waals surface area (Å²) in [7, 11) is 0. The number of thiophene rings is 1. The highest BCUT2D eigenvalue weighted by Gasteiger charge is 2.24. The van der Waals surface area contributed by atoms with Crippen molar-refractivity contribution in [1.29, 1.82) is 0 Å². The number of hydrogen-bond donors (Lipinski definition) is 0. The third-order valence-corrected chi connectivity index (χ3v) is 3.93. The number of halogens is 1. The zero-order chi connectivity index (χ0) is 9.97. The molecular formula is C10H11BrO2S. The van der Waals surface area contributed by atoms with E-state index in [1.165, 1.54) is 11.3 Å². The number of hydrogen-bond acceptors (Lipinski definition) is 3. The van der Waals surface area contributed by atoms with Crippen LogP contribution in [0.25, 0.3) is 0 Å². The second-order valence-corrected chi connectivity index (χ2v) is 5.79. The Bertz CT molecular complexity index is 329. The molecule has 1 aromatic heterocycles. The summed E-state index contributed by atoms with van der Waals surface area (Å²) >= 11 is 4.83. The van der Waals surface area contributed by atoms with Crippen LogP contribution in [-0.2, 0) is 4.74 Å². The van der Waals surface area contributed by atoms with Crippen LogP contribution in [0.4, 0.5) is 0 Å². The lowest BCUT2D eigenvalue weighted by Crippen LogP contribution is -2.27. The van der Waals surface area contributed by atoms with E-state index in [4.69, 9.17) is 4.74 Å². The Labute approximate surface area is 95.4 Å². The van der Waals surface area contributed by atoms with Gasteiger partial charge in [0.25, 0.3) is 0 Å².